The predicted molar refractivity (Wildman–Crippen MR) is 76.4 cm³/mol. The highest BCUT2D eigenvalue weighted by atomic mass is 16.5. The van der Waals surface area contributed by atoms with Crippen LogP contribution in [0.2, 0.25) is 0 Å². The Kier molecular flexibility index (Phi) is 6.08. The van der Waals surface area contributed by atoms with Crippen molar-refractivity contribution in [2.45, 2.75) is 19.8 Å². The number of phenolic OH excluding ortho intramolecular Hbond substituents is 1. The number of carboxylic acids is 1. The van der Waals surface area contributed by atoms with Crippen molar-refractivity contribution in [3.63, 3.8) is 0 Å². The predicted octanol–water partition coefficient (Wildman–Crippen LogP) is 1.17. The maximum atomic E-state index is 11.0. The van der Waals surface area contributed by atoms with Gasteiger partial charge >= 0.3 is 5.97 Å². The van der Waals surface area contributed by atoms with Crippen LogP contribution in [0.4, 0.5) is 0 Å². The summed E-state index contributed by atoms with van der Waals surface area (Å²) in [6.45, 7) is 1.84. The third-order valence-corrected chi connectivity index (χ3v) is 2.72. The first-order valence-electron chi connectivity index (χ1n) is 6.35. The van der Waals surface area contributed by atoms with Crippen molar-refractivity contribution in [3.8, 4) is 23.8 Å². The summed E-state index contributed by atoms with van der Waals surface area (Å²) in [6.07, 6.45) is 6.11. The van der Waals surface area contributed by atoms with Gasteiger partial charge in [0, 0.05) is 19.0 Å². The van der Waals surface area contributed by atoms with Crippen molar-refractivity contribution in [2.75, 3.05) is 13.2 Å². The van der Waals surface area contributed by atoms with Crippen molar-refractivity contribution >= 4 is 11.9 Å². The van der Waals surface area contributed by atoms with Crippen LogP contribution in [0.25, 0.3) is 0 Å². The molecule has 21 heavy (non-hydrogen) atoms. The Labute approximate surface area is 122 Å². The standard InChI is InChI=1S/C15H17NO5/c1-3-7-21-14-9-11(15(19)20)8-13(18)12(14)5-4-6-16-10(2)17/h1,8-9,18H,4-7H2,2H3,(H,16,17)(H,19,20). The van der Waals surface area contributed by atoms with Gasteiger partial charge in [0.25, 0.3) is 0 Å². The average molecular weight is 291 g/mol. The van der Waals surface area contributed by atoms with Crippen LogP contribution in [0.5, 0.6) is 11.5 Å². The van der Waals surface area contributed by atoms with E-state index in [1.165, 1.54) is 19.1 Å². The van der Waals surface area contributed by atoms with Gasteiger partial charge in [0.2, 0.25) is 5.91 Å². The minimum Gasteiger partial charge on any atom is -0.508 e. The lowest BCUT2D eigenvalue weighted by molar-refractivity contribution is -0.118. The Hall–Kier alpha value is -2.68. The Morgan fingerprint density at radius 1 is 1.43 bits per heavy atom. The summed E-state index contributed by atoms with van der Waals surface area (Å²) in [7, 11) is 0. The Balaban J connectivity index is 2.91. The van der Waals surface area contributed by atoms with Crippen molar-refractivity contribution in [1.82, 2.24) is 5.32 Å². The number of aromatic hydroxyl groups is 1. The summed E-state index contributed by atoms with van der Waals surface area (Å²) in [5, 5.41) is 21.6. The Morgan fingerprint density at radius 2 is 2.14 bits per heavy atom. The summed E-state index contributed by atoms with van der Waals surface area (Å²) < 4.78 is 5.29. The van der Waals surface area contributed by atoms with Gasteiger partial charge in [-0.25, -0.2) is 4.79 Å². The second-order valence-electron chi connectivity index (χ2n) is 4.36. The fourth-order valence-electron chi connectivity index (χ4n) is 1.78. The molecule has 1 amide bonds. The number of amides is 1. The highest BCUT2D eigenvalue weighted by Crippen LogP contribution is 2.31. The zero-order valence-corrected chi connectivity index (χ0v) is 11.7. The molecular weight excluding hydrogens is 274 g/mol. The van der Waals surface area contributed by atoms with E-state index in [0.717, 1.165) is 0 Å². The lowest BCUT2D eigenvalue weighted by atomic mass is 10.0. The molecule has 112 valence electrons. The van der Waals surface area contributed by atoms with Crippen molar-refractivity contribution < 1.29 is 24.5 Å². The van der Waals surface area contributed by atoms with E-state index < -0.39 is 5.97 Å². The first-order chi connectivity index (χ1) is 9.95. The molecule has 6 heteroatoms. The minimum absolute atomic E-state index is 0.0266. The van der Waals surface area contributed by atoms with Crippen molar-refractivity contribution in [1.29, 1.82) is 0 Å². The van der Waals surface area contributed by atoms with Crippen LogP contribution in [0.1, 0.15) is 29.3 Å². The van der Waals surface area contributed by atoms with Crippen LogP contribution in [-0.4, -0.2) is 35.2 Å². The molecule has 6 nitrogen and oxygen atoms in total. The molecule has 0 heterocycles. The molecule has 1 aromatic carbocycles. The molecule has 0 aliphatic rings. The second-order valence-corrected chi connectivity index (χ2v) is 4.36. The first-order valence-corrected chi connectivity index (χ1v) is 6.35. The number of nitrogens with one attached hydrogen (secondary N) is 1. The molecule has 0 unspecified atom stereocenters. The lowest BCUT2D eigenvalue weighted by Gasteiger charge is -2.13. The maximum absolute atomic E-state index is 11.0. The largest absolute Gasteiger partial charge is 0.508 e. The van der Waals surface area contributed by atoms with Crippen LogP contribution in [0, 0.1) is 12.3 Å². The molecule has 0 aromatic heterocycles. The van der Waals surface area contributed by atoms with E-state index in [1.807, 2.05) is 0 Å². The van der Waals surface area contributed by atoms with Gasteiger partial charge in [-0.2, -0.15) is 0 Å². The molecule has 3 N–H and O–H groups in total. The second kappa shape index (κ2) is 7.80. The molecule has 0 bridgehead atoms. The number of phenols is 1. The van der Waals surface area contributed by atoms with Crippen molar-refractivity contribution in [3.05, 3.63) is 23.3 Å². The third-order valence-electron chi connectivity index (χ3n) is 2.72. The number of terminal acetylenes is 1. The summed E-state index contributed by atoms with van der Waals surface area (Å²) in [5.74, 6) is 1.07. The number of rotatable bonds is 7. The van der Waals surface area contributed by atoms with Gasteiger partial charge in [0.15, 0.2) is 0 Å². The summed E-state index contributed by atoms with van der Waals surface area (Å²) >= 11 is 0. The van der Waals surface area contributed by atoms with E-state index in [4.69, 9.17) is 16.3 Å². The molecule has 0 atom stereocenters. The molecule has 0 aliphatic heterocycles. The SMILES string of the molecule is C#CCOc1cc(C(=O)O)cc(O)c1CCCNC(C)=O. The number of carboxylic acid groups (broad SMARTS) is 1. The van der Waals surface area contributed by atoms with Crippen LogP contribution < -0.4 is 10.1 Å². The quantitative estimate of drug-likeness (QED) is 0.518. The first kappa shape index (κ1) is 16.4. The Bertz CT molecular complexity index is 574. The molecule has 0 fully saturated rings. The van der Waals surface area contributed by atoms with Gasteiger partial charge in [-0.15, -0.1) is 6.42 Å². The molecule has 0 saturated heterocycles. The average Bonchev–Trinajstić information content (AvgIpc) is 2.42. The fourth-order valence-corrected chi connectivity index (χ4v) is 1.78. The molecule has 0 spiro atoms. The van der Waals surface area contributed by atoms with E-state index >= 15 is 0 Å². The number of hydrogen-bond donors (Lipinski definition) is 3. The van der Waals surface area contributed by atoms with Gasteiger partial charge in [-0.05, 0) is 25.0 Å². The molecule has 0 radical (unpaired) electrons. The van der Waals surface area contributed by atoms with Gasteiger partial charge in [-0.3, -0.25) is 4.79 Å². The van der Waals surface area contributed by atoms with Crippen LogP contribution >= 0.6 is 0 Å². The highest BCUT2D eigenvalue weighted by Gasteiger charge is 2.15. The topological polar surface area (TPSA) is 95.9 Å². The maximum Gasteiger partial charge on any atom is 0.335 e. The number of carbonyl (C=O) groups is 2. The smallest absolute Gasteiger partial charge is 0.335 e. The zero-order valence-electron chi connectivity index (χ0n) is 11.7. The van der Waals surface area contributed by atoms with Gasteiger partial charge in [-0.1, -0.05) is 5.92 Å². The van der Waals surface area contributed by atoms with Gasteiger partial charge < -0.3 is 20.3 Å². The lowest BCUT2D eigenvalue weighted by Crippen LogP contribution is -2.21. The fraction of sp³-hybridized carbons (Fsp3) is 0.333. The normalized spacial score (nSPS) is 9.71. The van der Waals surface area contributed by atoms with E-state index in [0.29, 0.717) is 24.9 Å². The van der Waals surface area contributed by atoms with Gasteiger partial charge in [0.1, 0.15) is 18.1 Å². The number of aromatic carboxylic acids is 1. The van der Waals surface area contributed by atoms with Crippen molar-refractivity contribution in [2.24, 2.45) is 0 Å². The monoisotopic (exact) mass is 291 g/mol. The molecular formula is C15H17NO5. The van der Waals surface area contributed by atoms with Gasteiger partial charge in [0.05, 0.1) is 5.56 Å². The van der Waals surface area contributed by atoms with Crippen LogP contribution in [0.15, 0.2) is 12.1 Å². The minimum atomic E-state index is -1.17. The number of benzene rings is 1. The molecule has 0 aliphatic carbocycles. The van der Waals surface area contributed by atoms with E-state index in [-0.39, 0.29) is 29.6 Å². The number of hydrogen-bond acceptors (Lipinski definition) is 4. The third kappa shape index (κ3) is 5.07. The summed E-state index contributed by atoms with van der Waals surface area (Å²) in [6, 6.07) is 2.49. The molecule has 1 rings (SSSR count). The number of ether oxygens (including phenoxy) is 1. The van der Waals surface area contributed by atoms with Crippen LogP contribution in [0.3, 0.4) is 0 Å². The van der Waals surface area contributed by atoms with Crippen LogP contribution in [-0.2, 0) is 11.2 Å². The zero-order chi connectivity index (χ0) is 15.8. The molecule has 0 saturated carbocycles. The Morgan fingerprint density at radius 3 is 2.71 bits per heavy atom. The van der Waals surface area contributed by atoms with E-state index in [2.05, 4.69) is 11.2 Å². The summed E-state index contributed by atoms with van der Waals surface area (Å²) in [4.78, 5) is 21.7. The summed E-state index contributed by atoms with van der Waals surface area (Å²) in [5.41, 5.74) is 0.394. The van der Waals surface area contributed by atoms with E-state index in [9.17, 15) is 14.7 Å². The van der Waals surface area contributed by atoms with E-state index in [1.54, 1.807) is 0 Å². The number of carbonyl (C=O) groups excluding carboxylic acids is 1. The molecule has 1 aromatic rings. The highest BCUT2D eigenvalue weighted by molar-refractivity contribution is 5.89.